The number of nitrogens with zero attached hydrogens (tertiary/aromatic N) is 1. The molecule has 0 fully saturated rings. The molecule has 5 nitrogen and oxygen atoms in total. The van der Waals surface area contributed by atoms with Gasteiger partial charge in [-0.05, 0) is 71.0 Å². The van der Waals surface area contributed by atoms with Gasteiger partial charge < -0.3 is 19.9 Å². The number of hydrogen-bond donors (Lipinski definition) is 2. The van der Waals surface area contributed by atoms with Crippen molar-refractivity contribution in [3.8, 4) is 5.75 Å². The number of nitrogens with two attached hydrogens (primary N) is 1. The number of nitrogens with one attached hydrogen (secondary N) is 1. The van der Waals surface area contributed by atoms with Crippen LogP contribution < -0.4 is 15.2 Å². The van der Waals surface area contributed by atoms with Gasteiger partial charge in [0.05, 0.1) is 18.3 Å². The summed E-state index contributed by atoms with van der Waals surface area (Å²) in [5, 5.41) is 0. The lowest BCUT2D eigenvalue weighted by Gasteiger charge is -2.36. The summed E-state index contributed by atoms with van der Waals surface area (Å²) < 4.78 is 50.1. The molecule has 3 N–H and O–H groups in total. The number of hydrogen-bond acceptors (Lipinski definition) is 5. The fourth-order valence-electron chi connectivity index (χ4n) is 3.20. The number of halogens is 2. The molecule has 0 aliphatic carbocycles. The van der Waals surface area contributed by atoms with Crippen molar-refractivity contribution in [3.05, 3.63) is 59.2 Å². The maximum Gasteiger partial charge on any atom is 0.154 e. The van der Waals surface area contributed by atoms with Crippen LogP contribution in [0, 0.1) is 11.6 Å². The van der Waals surface area contributed by atoms with Gasteiger partial charge in [0.15, 0.2) is 5.82 Å². The molecular formula is C23H33F2N3O2S. The number of ether oxygens (including phenoxy) is 1. The molecule has 0 aliphatic rings. The number of rotatable bonds is 9. The third-order valence-corrected chi connectivity index (χ3v) is 6.90. The third kappa shape index (κ3) is 6.55. The number of benzene rings is 2. The maximum atomic E-state index is 14.9. The van der Waals surface area contributed by atoms with Gasteiger partial charge in [0.1, 0.15) is 16.3 Å². The molecule has 0 radical (unpaired) electrons. The van der Waals surface area contributed by atoms with E-state index in [9.17, 15) is 13.3 Å². The first-order valence-electron chi connectivity index (χ1n) is 10.1. The Morgan fingerprint density at radius 2 is 1.71 bits per heavy atom. The average Bonchev–Trinajstić information content (AvgIpc) is 2.69. The van der Waals surface area contributed by atoms with Crippen LogP contribution in [-0.4, -0.2) is 34.9 Å². The highest BCUT2D eigenvalue weighted by molar-refractivity contribution is 7.90. The first-order valence-corrected chi connectivity index (χ1v) is 11.3. The largest absolute Gasteiger partial charge is 0.598 e. The lowest BCUT2D eigenvalue weighted by atomic mass is 9.88. The zero-order valence-corrected chi connectivity index (χ0v) is 19.9. The summed E-state index contributed by atoms with van der Waals surface area (Å²) in [4.78, 5) is 2.05. The van der Waals surface area contributed by atoms with Gasteiger partial charge in [0.25, 0.3) is 0 Å². The molecular weight excluding hydrogens is 420 g/mol. The quantitative estimate of drug-likeness (QED) is 0.436. The third-order valence-electron chi connectivity index (χ3n) is 5.15. The van der Waals surface area contributed by atoms with E-state index in [0.29, 0.717) is 19.5 Å². The summed E-state index contributed by atoms with van der Waals surface area (Å²) >= 11 is -1.54. The number of nitrogen functional groups attached to an aromatic ring is 1. The van der Waals surface area contributed by atoms with Gasteiger partial charge in [-0.1, -0.05) is 12.1 Å². The van der Waals surface area contributed by atoms with E-state index in [1.54, 1.807) is 34.8 Å². The topological polar surface area (TPSA) is 73.6 Å². The number of methoxy groups -OCH3 is 1. The van der Waals surface area contributed by atoms with Gasteiger partial charge in [-0.15, -0.1) is 4.72 Å². The smallest absolute Gasteiger partial charge is 0.154 e. The van der Waals surface area contributed by atoms with Crippen LogP contribution in [0.5, 0.6) is 5.75 Å². The van der Waals surface area contributed by atoms with Crippen LogP contribution in [-0.2, 0) is 23.4 Å². The molecule has 172 valence electrons. The predicted molar refractivity (Wildman–Crippen MR) is 123 cm³/mol. The summed E-state index contributed by atoms with van der Waals surface area (Å²) in [6, 6.07) is 10.1. The molecule has 2 atom stereocenters. The van der Waals surface area contributed by atoms with Crippen molar-refractivity contribution in [1.82, 2.24) is 9.62 Å². The second-order valence-corrected chi connectivity index (χ2v) is 10.9. The van der Waals surface area contributed by atoms with Crippen molar-refractivity contribution in [3.63, 3.8) is 0 Å². The first-order chi connectivity index (χ1) is 14.4. The van der Waals surface area contributed by atoms with E-state index in [1.165, 1.54) is 6.07 Å². The molecule has 0 aliphatic heterocycles. The molecule has 0 heterocycles. The maximum absolute atomic E-state index is 14.9. The molecule has 1 unspecified atom stereocenters. The first kappa shape index (κ1) is 25.4. The van der Waals surface area contributed by atoms with E-state index < -0.39 is 33.3 Å². The SMILES string of the molecule is COc1ccc(CN(C)CC[C@](C)(N[S+]([O-])C(C)(C)C)c2c(F)ccc(N)c2F)cc1. The standard InChI is InChI=1S/C23H33F2N3O2S/c1-22(2,3)31(29)27-23(4,20-18(24)11-12-19(26)21(20)25)13-14-28(5)15-16-7-9-17(30-6)10-8-16/h7-12,27H,13-15,26H2,1-6H3/t23-,31?/m0/s1. The zero-order valence-electron chi connectivity index (χ0n) is 19.1. The van der Waals surface area contributed by atoms with E-state index in [4.69, 9.17) is 10.5 Å². The van der Waals surface area contributed by atoms with E-state index in [-0.39, 0.29) is 11.3 Å². The van der Waals surface area contributed by atoms with E-state index in [1.807, 2.05) is 36.2 Å². The van der Waals surface area contributed by atoms with E-state index >= 15 is 0 Å². The Kier molecular flexibility index (Phi) is 8.33. The lowest BCUT2D eigenvalue weighted by Crippen LogP contribution is -2.51. The molecule has 0 bridgehead atoms. The molecule has 8 heteroatoms. The second kappa shape index (κ2) is 10.2. The fraction of sp³-hybridized carbons (Fsp3) is 0.478. The molecule has 2 aromatic carbocycles. The highest BCUT2D eigenvalue weighted by Crippen LogP contribution is 2.34. The zero-order chi connectivity index (χ0) is 23.4. The Balaban J connectivity index is 2.25. The minimum absolute atomic E-state index is 0.141. The van der Waals surface area contributed by atoms with Crippen LogP contribution >= 0.6 is 0 Å². The van der Waals surface area contributed by atoms with Crippen molar-refractivity contribution in [1.29, 1.82) is 0 Å². The van der Waals surface area contributed by atoms with Crippen molar-refractivity contribution in [2.75, 3.05) is 26.4 Å². The highest BCUT2D eigenvalue weighted by atomic mass is 32.2. The lowest BCUT2D eigenvalue weighted by molar-refractivity contribution is 0.262. The molecule has 0 saturated heterocycles. The molecule has 0 saturated carbocycles. The van der Waals surface area contributed by atoms with Crippen LogP contribution in [0.25, 0.3) is 0 Å². The van der Waals surface area contributed by atoms with Crippen molar-refractivity contribution < 1.29 is 18.1 Å². The van der Waals surface area contributed by atoms with E-state index in [0.717, 1.165) is 17.4 Å². The summed E-state index contributed by atoms with van der Waals surface area (Å²) in [7, 11) is 3.54. The molecule has 0 spiro atoms. The monoisotopic (exact) mass is 453 g/mol. The van der Waals surface area contributed by atoms with Crippen LogP contribution in [0.2, 0.25) is 0 Å². The average molecular weight is 454 g/mol. The summed E-state index contributed by atoms with van der Waals surface area (Å²) in [6.45, 7) is 8.23. The highest BCUT2D eigenvalue weighted by Gasteiger charge is 2.41. The van der Waals surface area contributed by atoms with Crippen LogP contribution in [0.3, 0.4) is 0 Å². The van der Waals surface area contributed by atoms with Gasteiger partial charge >= 0.3 is 0 Å². The Morgan fingerprint density at radius 1 is 1.10 bits per heavy atom. The van der Waals surface area contributed by atoms with Crippen molar-refractivity contribution in [2.45, 2.75) is 50.9 Å². The molecule has 31 heavy (non-hydrogen) atoms. The molecule has 0 amide bonds. The molecule has 2 aromatic rings. The van der Waals surface area contributed by atoms with Gasteiger partial charge in [-0.3, -0.25) is 0 Å². The van der Waals surface area contributed by atoms with Crippen LogP contribution in [0.15, 0.2) is 36.4 Å². The van der Waals surface area contributed by atoms with Gasteiger partial charge in [0.2, 0.25) is 0 Å². The molecule has 0 aromatic heterocycles. The van der Waals surface area contributed by atoms with Crippen molar-refractivity contribution >= 4 is 17.0 Å². The van der Waals surface area contributed by atoms with Crippen molar-refractivity contribution in [2.24, 2.45) is 0 Å². The minimum atomic E-state index is -1.54. The summed E-state index contributed by atoms with van der Waals surface area (Å²) in [6.07, 6.45) is 0.318. The van der Waals surface area contributed by atoms with Crippen LogP contribution in [0.4, 0.5) is 14.5 Å². The Morgan fingerprint density at radius 3 is 2.26 bits per heavy atom. The Bertz CT molecular complexity index is 874. The molecule has 2 rings (SSSR count). The summed E-state index contributed by atoms with van der Waals surface area (Å²) in [5.41, 5.74) is 5.24. The van der Waals surface area contributed by atoms with E-state index in [2.05, 4.69) is 4.72 Å². The Labute approximate surface area is 187 Å². The number of anilines is 1. The predicted octanol–water partition coefficient (Wildman–Crippen LogP) is 4.34. The minimum Gasteiger partial charge on any atom is -0.598 e. The summed E-state index contributed by atoms with van der Waals surface area (Å²) in [5.74, 6) is -0.760. The fourth-order valence-corrected chi connectivity index (χ4v) is 4.11. The van der Waals surface area contributed by atoms with Gasteiger partial charge in [-0.25, -0.2) is 8.78 Å². The van der Waals surface area contributed by atoms with Gasteiger partial charge in [0, 0.05) is 30.0 Å². The van der Waals surface area contributed by atoms with Gasteiger partial charge in [-0.2, -0.15) is 0 Å². The van der Waals surface area contributed by atoms with Crippen LogP contribution in [0.1, 0.15) is 45.2 Å². The Hall–Kier alpha value is -1.87. The second-order valence-electron chi connectivity index (χ2n) is 8.98. The normalized spacial score (nSPS) is 15.0.